The Morgan fingerprint density at radius 2 is 1.95 bits per heavy atom. The summed E-state index contributed by atoms with van der Waals surface area (Å²) in [4.78, 5) is 7.01. The molecule has 19 heavy (non-hydrogen) atoms. The van der Waals surface area contributed by atoms with Gasteiger partial charge in [0, 0.05) is 30.5 Å². The molecule has 2 atom stereocenters. The summed E-state index contributed by atoms with van der Waals surface area (Å²) in [5.74, 6) is 1.88. The summed E-state index contributed by atoms with van der Waals surface area (Å²) in [5, 5.41) is 8.44. The smallest absolute Gasteiger partial charge is 0.203 e. The number of piperidine rings is 1. The Morgan fingerprint density at radius 1 is 1.21 bits per heavy atom. The lowest BCUT2D eigenvalue weighted by Gasteiger charge is -2.38. The number of nitrogens with two attached hydrogens (primary N) is 1. The molecule has 4 rings (SSSR count). The fourth-order valence-electron chi connectivity index (χ4n) is 3.68. The van der Waals surface area contributed by atoms with Crippen LogP contribution in [0.15, 0.2) is 12.4 Å². The summed E-state index contributed by atoms with van der Waals surface area (Å²) in [7, 11) is 0. The van der Waals surface area contributed by atoms with Gasteiger partial charge in [-0.25, -0.2) is 4.98 Å². The van der Waals surface area contributed by atoms with Crippen LogP contribution < -0.4 is 10.6 Å². The first kappa shape index (κ1) is 11.2. The number of hydrogen-bond donors (Lipinski definition) is 1. The lowest BCUT2D eigenvalue weighted by atomic mass is 9.98. The van der Waals surface area contributed by atoms with Gasteiger partial charge >= 0.3 is 0 Å². The van der Waals surface area contributed by atoms with Crippen LogP contribution in [-0.2, 0) is 0 Å². The average Bonchev–Trinajstić information content (AvgIpc) is 2.89. The second-order valence-corrected chi connectivity index (χ2v) is 5.72. The average molecular weight is 258 g/mol. The van der Waals surface area contributed by atoms with E-state index in [1.807, 2.05) is 23.7 Å². The molecule has 2 fully saturated rings. The lowest BCUT2D eigenvalue weighted by Crippen LogP contribution is -2.48. The molecule has 100 valence electrons. The van der Waals surface area contributed by atoms with Crippen molar-refractivity contribution in [2.75, 3.05) is 4.90 Å². The maximum atomic E-state index is 6.13. The molecule has 6 nitrogen and oxygen atoms in total. The molecule has 2 N–H and O–H groups in total. The molecule has 0 spiro atoms. The summed E-state index contributed by atoms with van der Waals surface area (Å²) in [6, 6.07) is 1.38. The number of aryl methyl sites for hydroxylation is 1. The van der Waals surface area contributed by atoms with E-state index in [-0.39, 0.29) is 0 Å². The molecule has 2 aliphatic heterocycles. The van der Waals surface area contributed by atoms with Crippen molar-refractivity contribution >= 4 is 11.5 Å². The van der Waals surface area contributed by atoms with Crippen LogP contribution in [0.25, 0.3) is 5.65 Å². The molecule has 0 radical (unpaired) electrons. The minimum absolute atomic E-state index is 0.341. The third-order valence-corrected chi connectivity index (χ3v) is 4.49. The van der Waals surface area contributed by atoms with Crippen molar-refractivity contribution < 1.29 is 0 Å². The van der Waals surface area contributed by atoms with Gasteiger partial charge in [-0.15, -0.1) is 10.2 Å². The van der Waals surface area contributed by atoms with E-state index in [0.717, 1.165) is 30.1 Å². The molecule has 6 heteroatoms. The number of fused-ring (bicyclic) bond motifs is 3. The van der Waals surface area contributed by atoms with E-state index in [2.05, 4.69) is 20.1 Å². The number of rotatable bonds is 1. The summed E-state index contributed by atoms with van der Waals surface area (Å²) < 4.78 is 2.01. The molecule has 0 saturated carbocycles. The molecular formula is C13H18N6. The molecular weight excluding hydrogens is 240 g/mol. The Morgan fingerprint density at radius 3 is 2.68 bits per heavy atom. The van der Waals surface area contributed by atoms with Crippen LogP contribution in [0.4, 0.5) is 5.82 Å². The third-order valence-electron chi connectivity index (χ3n) is 4.49. The van der Waals surface area contributed by atoms with Crippen molar-refractivity contribution in [1.82, 2.24) is 19.6 Å². The predicted octanol–water partition coefficient (Wildman–Crippen LogP) is 0.891. The first-order chi connectivity index (χ1) is 9.24. The Balaban J connectivity index is 1.83. The molecule has 0 amide bonds. The van der Waals surface area contributed by atoms with Crippen molar-refractivity contribution in [3.05, 3.63) is 18.2 Å². The number of anilines is 1. The molecule has 4 heterocycles. The lowest BCUT2D eigenvalue weighted by molar-refractivity contribution is 0.412. The zero-order chi connectivity index (χ0) is 13.0. The van der Waals surface area contributed by atoms with E-state index in [4.69, 9.17) is 5.73 Å². The number of nitrogens with zero attached hydrogens (tertiary/aromatic N) is 5. The molecule has 2 bridgehead atoms. The van der Waals surface area contributed by atoms with Gasteiger partial charge in [0.2, 0.25) is 5.65 Å². The molecule has 2 saturated heterocycles. The SMILES string of the molecule is Cc1nnc2c(N3C4CCC3CC(N)C4)nccn12. The second kappa shape index (κ2) is 3.90. The van der Waals surface area contributed by atoms with Gasteiger partial charge < -0.3 is 10.6 Å². The maximum Gasteiger partial charge on any atom is 0.203 e. The zero-order valence-electron chi connectivity index (χ0n) is 11.0. The minimum atomic E-state index is 0.341. The molecule has 2 unspecified atom stereocenters. The van der Waals surface area contributed by atoms with Crippen molar-refractivity contribution in [3.63, 3.8) is 0 Å². The Hall–Kier alpha value is -1.69. The zero-order valence-corrected chi connectivity index (χ0v) is 11.0. The largest absolute Gasteiger partial charge is 0.347 e. The van der Waals surface area contributed by atoms with Crippen LogP contribution >= 0.6 is 0 Å². The summed E-state index contributed by atoms with van der Waals surface area (Å²) in [6.07, 6.45) is 8.32. The molecule has 2 aromatic rings. The first-order valence-electron chi connectivity index (χ1n) is 6.94. The fourth-order valence-corrected chi connectivity index (χ4v) is 3.68. The summed E-state index contributed by atoms with van der Waals surface area (Å²) in [5.41, 5.74) is 7.00. The van der Waals surface area contributed by atoms with Crippen LogP contribution in [-0.4, -0.2) is 37.7 Å². The number of hydrogen-bond acceptors (Lipinski definition) is 5. The van der Waals surface area contributed by atoms with Gasteiger partial charge in [-0.05, 0) is 32.6 Å². The van der Waals surface area contributed by atoms with Crippen LogP contribution in [0.2, 0.25) is 0 Å². The summed E-state index contributed by atoms with van der Waals surface area (Å²) in [6.45, 7) is 1.96. The van der Waals surface area contributed by atoms with Gasteiger partial charge in [0.1, 0.15) is 5.82 Å². The van der Waals surface area contributed by atoms with E-state index in [1.54, 1.807) is 0 Å². The highest BCUT2D eigenvalue weighted by Crippen LogP contribution is 2.39. The monoisotopic (exact) mass is 258 g/mol. The van der Waals surface area contributed by atoms with Crippen molar-refractivity contribution in [1.29, 1.82) is 0 Å². The molecule has 0 aliphatic carbocycles. The standard InChI is InChI=1S/C13H18N6/c1-8-16-17-13-12(15-4-5-18(8)13)19-10-2-3-11(19)7-9(14)6-10/h4-5,9-11H,2-3,6-7,14H2,1H3. The van der Waals surface area contributed by atoms with E-state index >= 15 is 0 Å². The Kier molecular flexibility index (Phi) is 2.29. The van der Waals surface area contributed by atoms with E-state index in [0.29, 0.717) is 18.1 Å². The highest BCUT2D eigenvalue weighted by atomic mass is 15.3. The molecule has 0 aromatic carbocycles. The van der Waals surface area contributed by atoms with Crippen LogP contribution in [0, 0.1) is 6.92 Å². The van der Waals surface area contributed by atoms with Crippen LogP contribution in [0.5, 0.6) is 0 Å². The van der Waals surface area contributed by atoms with E-state index in [1.165, 1.54) is 12.8 Å². The Labute approximate surface area is 111 Å². The van der Waals surface area contributed by atoms with Gasteiger partial charge in [-0.1, -0.05) is 0 Å². The van der Waals surface area contributed by atoms with Gasteiger partial charge in [-0.2, -0.15) is 0 Å². The van der Waals surface area contributed by atoms with E-state index < -0.39 is 0 Å². The highest BCUT2D eigenvalue weighted by Gasteiger charge is 2.41. The normalized spacial score (nSPS) is 30.2. The van der Waals surface area contributed by atoms with Gasteiger partial charge in [0.15, 0.2) is 5.82 Å². The number of aromatic nitrogens is 4. The van der Waals surface area contributed by atoms with Crippen molar-refractivity contribution in [2.45, 2.75) is 50.7 Å². The van der Waals surface area contributed by atoms with Crippen molar-refractivity contribution in [3.8, 4) is 0 Å². The fraction of sp³-hybridized carbons (Fsp3) is 0.615. The second-order valence-electron chi connectivity index (χ2n) is 5.72. The molecule has 2 aromatic heterocycles. The molecule has 2 aliphatic rings. The van der Waals surface area contributed by atoms with Crippen LogP contribution in [0.3, 0.4) is 0 Å². The first-order valence-corrected chi connectivity index (χ1v) is 6.94. The Bertz CT molecular complexity index is 607. The van der Waals surface area contributed by atoms with Crippen LogP contribution in [0.1, 0.15) is 31.5 Å². The van der Waals surface area contributed by atoms with Gasteiger partial charge in [-0.3, -0.25) is 4.40 Å². The van der Waals surface area contributed by atoms with Gasteiger partial charge in [0.25, 0.3) is 0 Å². The summed E-state index contributed by atoms with van der Waals surface area (Å²) >= 11 is 0. The third kappa shape index (κ3) is 1.56. The van der Waals surface area contributed by atoms with E-state index in [9.17, 15) is 0 Å². The predicted molar refractivity (Wildman–Crippen MR) is 72.0 cm³/mol. The quantitative estimate of drug-likeness (QED) is 0.822. The van der Waals surface area contributed by atoms with Crippen molar-refractivity contribution in [2.24, 2.45) is 5.73 Å². The minimum Gasteiger partial charge on any atom is -0.347 e. The highest BCUT2D eigenvalue weighted by molar-refractivity contribution is 5.65. The maximum absolute atomic E-state index is 6.13. The van der Waals surface area contributed by atoms with Gasteiger partial charge in [0.05, 0.1) is 0 Å². The topological polar surface area (TPSA) is 72.3 Å².